The Morgan fingerprint density at radius 3 is 2.67 bits per heavy atom. The van der Waals surface area contributed by atoms with Crippen LogP contribution in [0, 0.1) is 11.8 Å². The lowest BCUT2D eigenvalue weighted by atomic mass is 9.89. The van der Waals surface area contributed by atoms with Crippen LogP contribution in [-0.2, 0) is 16.1 Å². The number of hydrogen-bond acceptors (Lipinski definition) is 6. The number of allylic oxidation sites excluding steroid dienone is 1. The number of ketones is 1. The molecule has 1 aromatic carbocycles. The van der Waals surface area contributed by atoms with Gasteiger partial charge in [0, 0.05) is 51.5 Å². The first-order valence-corrected chi connectivity index (χ1v) is 15.3. The van der Waals surface area contributed by atoms with Crippen molar-refractivity contribution in [2.75, 3.05) is 33.0 Å². The molecule has 1 aliphatic carbocycles. The Balaban J connectivity index is 1.06. The quantitative estimate of drug-likeness (QED) is 0.234. The van der Waals surface area contributed by atoms with Crippen molar-refractivity contribution in [2.45, 2.75) is 96.6 Å². The lowest BCUT2D eigenvalue weighted by molar-refractivity contribution is -0.133. The van der Waals surface area contributed by atoms with E-state index < -0.39 is 0 Å². The number of piperazine rings is 1. The number of benzene rings is 1. The Labute approximate surface area is 234 Å². The second kappa shape index (κ2) is 15.4. The van der Waals surface area contributed by atoms with Gasteiger partial charge in [-0.05, 0) is 49.3 Å². The Kier molecular flexibility index (Phi) is 11.7. The number of carbonyl (C=O) groups excluding carboxylic acids is 2. The highest BCUT2D eigenvalue weighted by Crippen LogP contribution is 2.34. The van der Waals surface area contributed by atoms with Crippen molar-refractivity contribution < 1.29 is 24.2 Å². The number of fused-ring (bicyclic) bond motifs is 1. The fraction of sp³-hybridized carbons (Fsp3) is 0.688. The van der Waals surface area contributed by atoms with Gasteiger partial charge in [-0.1, -0.05) is 63.7 Å². The first-order chi connectivity index (χ1) is 19.0. The van der Waals surface area contributed by atoms with Crippen molar-refractivity contribution >= 4 is 11.7 Å². The fourth-order valence-corrected chi connectivity index (χ4v) is 6.12. The SMILES string of the molecule is CCCCC[C@H](O)C=C[C@@H]1CCC(=O)[C@@H]1CCCCCCC(=O)N1CCN(Cc2ccc3c(c2)OCO3)CC1. The minimum Gasteiger partial charge on any atom is -0.454 e. The summed E-state index contributed by atoms with van der Waals surface area (Å²) < 4.78 is 10.9. The Hall–Kier alpha value is -2.38. The number of aliphatic hydroxyl groups is 1. The second-order valence-electron chi connectivity index (χ2n) is 11.5. The molecule has 3 atom stereocenters. The summed E-state index contributed by atoms with van der Waals surface area (Å²) in [6.45, 7) is 6.68. The number of Topliss-reactive ketones (excluding diaryl/α,β-unsaturated/α-hetero) is 1. The predicted octanol–water partition coefficient (Wildman–Crippen LogP) is 5.49. The number of nitrogens with zero attached hydrogens (tertiary/aromatic N) is 2. The van der Waals surface area contributed by atoms with Gasteiger partial charge in [0.15, 0.2) is 11.5 Å². The van der Waals surface area contributed by atoms with Crippen molar-refractivity contribution in [3.63, 3.8) is 0 Å². The van der Waals surface area contributed by atoms with Crippen molar-refractivity contribution in [1.82, 2.24) is 9.80 Å². The molecule has 0 aromatic heterocycles. The average Bonchev–Trinajstić information content (AvgIpc) is 3.55. The molecule has 4 rings (SSSR count). The summed E-state index contributed by atoms with van der Waals surface area (Å²) in [5, 5.41) is 10.2. The lowest BCUT2D eigenvalue weighted by Crippen LogP contribution is -2.48. The van der Waals surface area contributed by atoms with Gasteiger partial charge in [-0.25, -0.2) is 0 Å². The van der Waals surface area contributed by atoms with Crippen LogP contribution in [0.2, 0.25) is 0 Å². The van der Waals surface area contributed by atoms with Crippen LogP contribution in [0.15, 0.2) is 30.4 Å². The van der Waals surface area contributed by atoms with E-state index in [1.807, 2.05) is 17.0 Å². The molecular weight excluding hydrogens is 492 g/mol. The van der Waals surface area contributed by atoms with Gasteiger partial charge in [-0.2, -0.15) is 0 Å². The number of ether oxygens (including phenoxy) is 2. The third-order valence-corrected chi connectivity index (χ3v) is 8.56. The fourth-order valence-electron chi connectivity index (χ4n) is 6.12. The molecule has 2 aliphatic heterocycles. The molecule has 7 nitrogen and oxygen atoms in total. The summed E-state index contributed by atoms with van der Waals surface area (Å²) in [5.74, 6) is 2.68. The van der Waals surface area contributed by atoms with Crippen LogP contribution in [0.4, 0.5) is 0 Å². The molecule has 0 bridgehead atoms. The summed E-state index contributed by atoms with van der Waals surface area (Å²) in [6.07, 6.45) is 15.0. The Morgan fingerprint density at radius 1 is 1.05 bits per heavy atom. The summed E-state index contributed by atoms with van der Waals surface area (Å²) in [5.41, 5.74) is 1.21. The number of unbranched alkanes of at least 4 members (excludes halogenated alkanes) is 5. The van der Waals surface area contributed by atoms with Crippen molar-refractivity contribution in [3.8, 4) is 11.5 Å². The molecule has 1 saturated carbocycles. The van der Waals surface area contributed by atoms with Gasteiger partial charge in [0.2, 0.25) is 12.7 Å². The molecule has 1 amide bonds. The van der Waals surface area contributed by atoms with Crippen molar-refractivity contribution in [2.24, 2.45) is 11.8 Å². The van der Waals surface area contributed by atoms with Crippen LogP contribution in [0.5, 0.6) is 11.5 Å². The van der Waals surface area contributed by atoms with E-state index in [1.54, 1.807) is 0 Å². The maximum absolute atomic E-state index is 12.7. The van der Waals surface area contributed by atoms with E-state index in [-0.39, 0.29) is 23.8 Å². The summed E-state index contributed by atoms with van der Waals surface area (Å²) in [7, 11) is 0. The molecule has 1 aromatic rings. The minimum absolute atomic E-state index is 0.111. The van der Waals surface area contributed by atoms with E-state index in [2.05, 4.69) is 30.0 Å². The highest BCUT2D eigenvalue weighted by Gasteiger charge is 2.32. The maximum Gasteiger partial charge on any atom is 0.231 e. The average molecular weight is 541 g/mol. The number of carbonyl (C=O) groups is 2. The molecule has 216 valence electrons. The molecule has 39 heavy (non-hydrogen) atoms. The van der Waals surface area contributed by atoms with E-state index in [0.717, 1.165) is 108 Å². The Bertz CT molecular complexity index is 956. The number of aliphatic hydroxyl groups excluding tert-OH is 1. The van der Waals surface area contributed by atoms with Gasteiger partial charge in [0.25, 0.3) is 0 Å². The van der Waals surface area contributed by atoms with Crippen LogP contribution in [0.3, 0.4) is 0 Å². The predicted molar refractivity (Wildman–Crippen MR) is 153 cm³/mol. The molecule has 1 N–H and O–H groups in total. The molecule has 0 unspecified atom stereocenters. The molecule has 7 heteroatoms. The van der Waals surface area contributed by atoms with E-state index in [4.69, 9.17) is 9.47 Å². The zero-order valence-corrected chi connectivity index (χ0v) is 23.8. The smallest absolute Gasteiger partial charge is 0.231 e. The summed E-state index contributed by atoms with van der Waals surface area (Å²) in [6, 6.07) is 6.12. The van der Waals surface area contributed by atoms with Crippen molar-refractivity contribution in [1.29, 1.82) is 0 Å². The first kappa shape index (κ1) is 29.6. The zero-order valence-electron chi connectivity index (χ0n) is 23.8. The minimum atomic E-state index is -0.386. The Morgan fingerprint density at radius 2 is 1.85 bits per heavy atom. The molecule has 1 saturated heterocycles. The van der Waals surface area contributed by atoms with E-state index in [0.29, 0.717) is 25.4 Å². The van der Waals surface area contributed by atoms with Crippen LogP contribution in [0.25, 0.3) is 0 Å². The second-order valence-corrected chi connectivity index (χ2v) is 11.5. The highest BCUT2D eigenvalue weighted by molar-refractivity contribution is 5.83. The first-order valence-electron chi connectivity index (χ1n) is 15.3. The third-order valence-electron chi connectivity index (χ3n) is 8.56. The molecule has 0 spiro atoms. The zero-order chi connectivity index (χ0) is 27.5. The molecule has 3 aliphatic rings. The van der Waals surface area contributed by atoms with Crippen LogP contribution in [-0.4, -0.2) is 65.7 Å². The van der Waals surface area contributed by atoms with Gasteiger partial charge in [-0.3, -0.25) is 14.5 Å². The van der Waals surface area contributed by atoms with Crippen LogP contribution >= 0.6 is 0 Å². The third kappa shape index (κ3) is 9.07. The monoisotopic (exact) mass is 540 g/mol. The van der Waals surface area contributed by atoms with Gasteiger partial charge in [0.1, 0.15) is 5.78 Å². The number of rotatable bonds is 15. The standard InChI is InChI=1S/C32H48N2O5/c1-2-3-6-9-27(35)15-13-26-14-16-29(36)28(26)10-7-4-5-8-11-32(37)34-20-18-33(19-21-34)23-25-12-17-30-31(22-25)39-24-38-30/h12-13,15,17,22,26-28,35H,2-11,14,16,18-21,23-24H2,1H3/t26-,27+,28-/m1/s1. The molecule has 2 heterocycles. The van der Waals surface area contributed by atoms with Gasteiger partial charge in [0.05, 0.1) is 6.10 Å². The summed E-state index contributed by atoms with van der Waals surface area (Å²) in [4.78, 5) is 29.6. The largest absolute Gasteiger partial charge is 0.454 e. The number of amides is 1. The van der Waals surface area contributed by atoms with Gasteiger partial charge < -0.3 is 19.5 Å². The lowest BCUT2D eigenvalue weighted by Gasteiger charge is -2.34. The van der Waals surface area contributed by atoms with Gasteiger partial charge >= 0.3 is 0 Å². The number of hydrogen-bond donors (Lipinski definition) is 1. The van der Waals surface area contributed by atoms with Crippen LogP contribution in [0.1, 0.15) is 89.5 Å². The molecular formula is C32H48N2O5. The van der Waals surface area contributed by atoms with Crippen molar-refractivity contribution in [3.05, 3.63) is 35.9 Å². The van der Waals surface area contributed by atoms with E-state index in [9.17, 15) is 14.7 Å². The highest BCUT2D eigenvalue weighted by atomic mass is 16.7. The maximum atomic E-state index is 12.7. The van der Waals surface area contributed by atoms with Gasteiger partial charge in [-0.15, -0.1) is 0 Å². The molecule has 2 fully saturated rings. The normalized spacial score (nSPS) is 22.2. The topological polar surface area (TPSA) is 79.3 Å². The van der Waals surface area contributed by atoms with E-state index in [1.165, 1.54) is 5.56 Å². The summed E-state index contributed by atoms with van der Waals surface area (Å²) >= 11 is 0. The molecule has 0 radical (unpaired) electrons. The van der Waals surface area contributed by atoms with Crippen LogP contribution < -0.4 is 9.47 Å². The van der Waals surface area contributed by atoms with E-state index >= 15 is 0 Å².